The predicted molar refractivity (Wildman–Crippen MR) is 81.3 cm³/mol. The standard InChI is InChI=1S/C16H19N3O2/c1-12(16(20)19-10-8-17-9-11-19)21-15-6-2-5-14-13(15)4-3-7-18-14/h2-7,12,17H,8-11H2,1H3. The maximum absolute atomic E-state index is 12.4. The summed E-state index contributed by atoms with van der Waals surface area (Å²) in [4.78, 5) is 18.5. The van der Waals surface area contributed by atoms with Crippen LogP contribution in [0, 0.1) is 0 Å². The Morgan fingerprint density at radius 1 is 1.29 bits per heavy atom. The van der Waals surface area contributed by atoms with E-state index >= 15 is 0 Å². The van der Waals surface area contributed by atoms with Gasteiger partial charge >= 0.3 is 0 Å². The molecular formula is C16H19N3O2. The second-order valence-corrected chi connectivity index (χ2v) is 5.16. The molecule has 0 saturated carbocycles. The first-order valence-corrected chi connectivity index (χ1v) is 7.25. The lowest BCUT2D eigenvalue weighted by Gasteiger charge is -2.29. The number of fused-ring (bicyclic) bond motifs is 1. The highest BCUT2D eigenvalue weighted by atomic mass is 16.5. The van der Waals surface area contributed by atoms with E-state index in [9.17, 15) is 4.79 Å². The normalized spacial score (nSPS) is 16.7. The molecule has 1 saturated heterocycles. The van der Waals surface area contributed by atoms with Gasteiger partial charge in [-0.25, -0.2) is 0 Å². The molecule has 1 atom stereocenters. The van der Waals surface area contributed by atoms with E-state index in [1.807, 2.05) is 35.2 Å². The van der Waals surface area contributed by atoms with Crippen LogP contribution in [0.2, 0.25) is 0 Å². The molecule has 1 aromatic heterocycles. The number of rotatable bonds is 3. The second-order valence-electron chi connectivity index (χ2n) is 5.16. The largest absolute Gasteiger partial charge is 0.480 e. The Bertz CT molecular complexity index is 633. The number of piperazine rings is 1. The molecule has 1 aromatic carbocycles. The average Bonchev–Trinajstić information content (AvgIpc) is 2.55. The minimum absolute atomic E-state index is 0.0393. The fourth-order valence-electron chi connectivity index (χ4n) is 2.56. The van der Waals surface area contributed by atoms with Crippen LogP contribution in [0.4, 0.5) is 0 Å². The average molecular weight is 285 g/mol. The number of amides is 1. The van der Waals surface area contributed by atoms with Crippen molar-refractivity contribution < 1.29 is 9.53 Å². The van der Waals surface area contributed by atoms with Gasteiger partial charge in [0, 0.05) is 37.8 Å². The predicted octanol–water partition coefficient (Wildman–Crippen LogP) is 1.43. The van der Waals surface area contributed by atoms with E-state index in [0.29, 0.717) is 5.75 Å². The third kappa shape index (κ3) is 2.97. The summed E-state index contributed by atoms with van der Waals surface area (Å²) in [5.41, 5.74) is 0.872. The van der Waals surface area contributed by atoms with Gasteiger partial charge in [-0.15, -0.1) is 0 Å². The van der Waals surface area contributed by atoms with Crippen LogP contribution in [0.15, 0.2) is 36.5 Å². The molecule has 2 aromatic rings. The number of carbonyl (C=O) groups is 1. The molecule has 1 fully saturated rings. The first kappa shape index (κ1) is 13.8. The Kier molecular flexibility index (Phi) is 4.01. The van der Waals surface area contributed by atoms with Crippen LogP contribution in [-0.4, -0.2) is 48.1 Å². The molecule has 1 amide bonds. The zero-order valence-corrected chi connectivity index (χ0v) is 12.1. The first-order chi connectivity index (χ1) is 10.3. The van der Waals surface area contributed by atoms with Crippen molar-refractivity contribution in [2.45, 2.75) is 13.0 Å². The number of ether oxygens (including phenoxy) is 1. The van der Waals surface area contributed by atoms with Crippen LogP contribution in [0.3, 0.4) is 0 Å². The van der Waals surface area contributed by atoms with Crippen molar-refractivity contribution in [2.24, 2.45) is 0 Å². The Morgan fingerprint density at radius 2 is 2.10 bits per heavy atom. The van der Waals surface area contributed by atoms with Crippen LogP contribution in [0.1, 0.15) is 6.92 Å². The molecule has 1 aliphatic heterocycles. The number of nitrogens with one attached hydrogen (secondary N) is 1. The van der Waals surface area contributed by atoms with Gasteiger partial charge in [0.05, 0.1) is 5.52 Å². The third-order valence-corrected chi connectivity index (χ3v) is 3.69. The van der Waals surface area contributed by atoms with Crippen LogP contribution >= 0.6 is 0 Å². The quantitative estimate of drug-likeness (QED) is 0.927. The lowest BCUT2D eigenvalue weighted by Crippen LogP contribution is -2.50. The van der Waals surface area contributed by atoms with Crippen LogP contribution in [0.5, 0.6) is 5.75 Å². The number of aromatic nitrogens is 1. The van der Waals surface area contributed by atoms with E-state index < -0.39 is 6.10 Å². The fourth-order valence-corrected chi connectivity index (χ4v) is 2.56. The number of hydrogen-bond acceptors (Lipinski definition) is 4. The number of nitrogens with zero attached hydrogens (tertiary/aromatic N) is 2. The molecule has 0 aliphatic carbocycles. The van der Waals surface area contributed by atoms with Gasteiger partial charge < -0.3 is 15.0 Å². The molecule has 3 rings (SSSR count). The zero-order valence-electron chi connectivity index (χ0n) is 12.1. The molecule has 0 spiro atoms. The minimum Gasteiger partial charge on any atom is -0.480 e. The minimum atomic E-state index is -0.492. The zero-order chi connectivity index (χ0) is 14.7. The summed E-state index contributed by atoms with van der Waals surface area (Å²) in [6, 6.07) is 9.54. The molecular weight excluding hydrogens is 266 g/mol. The maximum atomic E-state index is 12.4. The lowest BCUT2D eigenvalue weighted by atomic mass is 10.2. The van der Waals surface area contributed by atoms with E-state index in [4.69, 9.17) is 4.74 Å². The molecule has 5 nitrogen and oxygen atoms in total. The Balaban J connectivity index is 1.76. The molecule has 1 aliphatic rings. The van der Waals surface area contributed by atoms with Crippen LogP contribution in [0.25, 0.3) is 10.9 Å². The Morgan fingerprint density at radius 3 is 2.90 bits per heavy atom. The highest BCUT2D eigenvalue weighted by Crippen LogP contribution is 2.24. The SMILES string of the molecule is CC(Oc1cccc2ncccc12)C(=O)N1CCNCC1. The van der Waals surface area contributed by atoms with Crippen molar-refractivity contribution in [3.8, 4) is 5.75 Å². The van der Waals surface area contributed by atoms with E-state index in [0.717, 1.165) is 37.1 Å². The van der Waals surface area contributed by atoms with E-state index in [1.54, 1.807) is 13.1 Å². The monoisotopic (exact) mass is 285 g/mol. The van der Waals surface area contributed by atoms with Gasteiger partial charge in [0.1, 0.15) is 5.75 Å². The highest BCUT2D eigenvalue weighted by molar-refractivity contribution is 5.86. The van der Waals surface area contributed by atoms with Crippen LogP contribution < -0.4 is 10.1 Å². The van der Waals surface area contributed by atoms with Crippen molar-refractivity contribution >= 4 is 16.8 Å². The molecule has 1 unspecified atom stereocenters. The second kappa shape index (κ2) is 6.10. The summed E-state index contributed by atoms with van der Waals surface area (Å²) in [6.07, 6.45) is 1.26. The van der Waals surface area contributed by atoms with Gasteiger partial charge in [-0.3, -0.25) is 9.78 Å². The van der Waals surface area contributed by atoms with E-state index in [1.165, 1.54) is 0 Å². The highest BCUT2D eigenvalue weighted by Gasteiger charge is 2.23. The lowest BCUT2D eigenvalue weighted by molar-refractivity contribution is -0.138. The maximum Gasteiger partial charge on any atom is 0.263 e. The van der Waals surface area contributed by atoms with Crippen LogP contribution in [-0.2, 0) is 4.79 Å². The fraction of sp³-hybridized carbons (Fsp3) is 0.375. The van der Waals surface area contributed by atoms with Crippen molar-refractivity contribution in [2.75, 3.05) is 26.2 Å². The molecule has 21 heavy (non-hydrogen) atoms. The van der Waals surface area contributed by atoms with Crippen molar-refractivity contribution in [1.82, 2.24) is 15.2 Å². The van der Waals surface area contributed by atoms with Gasteiger partial charge in [-0.1, -0.05) is 6.07 Å². The molecule has 5 heteroatoms. The topological polar surface area (TPSA) is 54.5 Å². The smallest absolute Gasteiger partial charge is 0.263 e. The number of pyridine rings is 1. The first-order valence-electron chi connectivity index (χ1n) is 7.25. The molecule has 0 bridgehead atoms. The number of benzene rings is 1. The van der Waals surface area contributed by atoms with Crippen molar-refractivity contribution in [1.29, 1.82) is 0 Å². The van der Waals surface area contributed by atoms with Gasteiger partial charge in [0.2, 0.25) is 0 Å². The molecule has 1 N–H and O–H groups in total. The van der Waals surface area contributed by atoms with Gasteiger partial charge in [0.15, 0.2) is 6.10 Å². The summed E-state index contributed by atoms with van der Waals surface area (Å²) in [7, 11) is 0. The summed E-state index contributed by atoms with van der Waals surface area (Å²) in [5, 5.41) is 4.17. The molecule has 2 heterocycles. The van der Waals surface area contributed by atoms with Gasteiger partial charge in [-0.2, -0.15) is 0 Å². The number of carbonyl (C=O) groups excluding carboxylic acids is 1. The number of hydrogen-bond donors (Lipinski definition) is 1. The van der Waals surface area contributed by atoms with E-state index in [-0.39, 0.29) is 5.91 Å². The van der Waals surface area contributed by atoms with Crippen molar-refractivity contribution in [3.05, 3.63) is 36.5 Å². The summed E-state index contributed by atoms with van der Waals surface area (Å²) < 4.78 is 5.89. The van der Waals surface area contributed by atoms with Crippen molar-refractivity contribution in [3.63, 3.8) is 0 Å². The van der Waals surface area contributed by atoms with E-state index in [2.05, 4.69) is 10.3 Å². The Labute approximate surface area is 123 Å². The Hall–Kier alpha value is -2.14. The van der Waals surface area contributed by atoms with Gasteiger partial charge in [0.25, 0.3) is 5.91 Å². The summed E-state index contributed by atoms with van der Waals surface area (Å²) >= 11 is 0. The molecule has 0 radical (unpaired) electrons. The molecule has 110 valence electrons. The summed E-state index contributed by atoms with van der Waals surface area (Å²) in [5.74, 6) is 0.744. The summed E-state index contributed by atoms with van der Waals surface area (Å²) in [6.45, 7) is 4.97. The third-order valence-electron chi connectivity index (χ3n) is 3.69. The van der Waals surface area contributed by atoms with Gasteiger partial charge in [-0.05, 0) is 31.2 Å².